The van der Waals surface area contributed by atoms with Crippen LogP contribution in [-0.2, 0) is 20.0 Å². The molecule has 1 aromatic carbocycles. The molecule has 0 unspecified atom stereocenters. The fourth-order valence-corrected chi connectivity index (χ4v) is 4.15. The number of nitrogens with two attached hydrogens (primary N) is 1. The number of hydrogen-bond acceptors (Lipinski definition) is 4. The zero-order valence-electron chi connectivity index (χ0n) is 11.2. The summed E-state index contributed by atoms with van der Waals surface area (Å²) < 4.78 is 49.0. The van der Waals surface area contributed by atoms with Crippen LogP contribution in [0.2, 0.25) is 0 Å². The van der Waals surface area contributed by atoms with Crippen LogP contribution in [0.25, 0.3) is 0 Å². The Morgan fingerprint density at radius 2 is 1.80 bits per heavy atom. The SMILES string of the molecule is CCN(CC1CC1)S(=O)(=O)c1cccc(S(N)(=O)=O)c1. The molecule has 0 atom stereocenters. The molecule has 1 aromatic rings. The minimum atomic E-state index is -3.91. The van der Waals surface area contributed by atoms with Gasteiger partial charge in [0.15, 0.2) is 0 Å². The Morgan fingerprint density at radius 3 is 2.30 bits per heavy atom. The van der Waals surface area contributed by atoms with E-state index in [4.69, 9.17) is 5.14 Å². The van der Waals surface area contributed by atoms with E-state index in [2.05, 4.69) is 0 Å². The highest BCUT2D eigenvalue weighted by molar-refractivity contribution is 7.90. The predicted molar refractivity (Wildman–Crippen MR) is 75.0 cm³/mol. The van der Waals surface area contributed by atoms with Gasteiger partial charge in [-0.2, -0.15) is 4.31 Å². The van der Waals surface area contributed by atoms with E-state index in [1.54, 1.807) is 6.92 Å². The summed E-state index contributed by atoms with van der Waals surface area (Å²) in [5, 5.41) is 5.03. The summed E-state index contributed by atoms with van der Waals surface area (Å²) in [6.07, 6.45) is 2.09. The van der Waals surface area contributed by atoms with Crippen molar-refractivity contribution in [2.45, 2.75) is 29.6 Å². The maximum Gasteiger partial charge on any atom is 0.243 e. The molecule has 6 nitrogen and oxygen atoms in total. The smallest absolute Gasteiger partial charge is 0.225 e. The van der Waals surface area contributed by atoms with Gasteiger partial charge in [0.1, 0.15) is 0 Å². The lowest BCUT2D eigenvalue weighted by atomic mass is 10.4. The van der Waals surface area contributed by atoms with Crippen molar-refractivity contribution in [3.63, 3.8) is 0 Å². The van der Waals surface area contributed by atoms with E-state index < -0.39 is 20.0 Å². The third-order valence-corrected chi connectivity index (χ3v) is 6.13. The maximum atomic E-state index is 12.5. The second kappa shape index (κ2) is 5.44. The van der Waals surface area contributed by atoms with E-state index in [0.29, 0.717) is 19.0 Å². The first-order valence-corrected chi connectivity index (χ1v) is 9.37. The second-order valence-corrected chi connectivity index (χ2v) is 8.42. The molecule has 1 aliphatic rings. The Kier molecular flexibility index (Phi) is 4.19. The van der Waals surface area contributed by atoms with Gasteiger partial charge in [-0.05, 0) is 37.0 Å². The first kappa shape index (κ1) is 15.4. The highest BCUT2D eigenvalue weighted by atomic mass is 32.2. The first-order chi connectivity index (χ1) is 9.25. The third-order valence-electron chi connectivity index (χ3n) is 3.28. The summed E-state index contributed by atoms with van der Waals surface area (Å²) in [5.41, 5.74) is 0. The van der Waals surface area contributed by atoms with Crippen molar-refractivity contribution in [1.29, 1.82) is 0 Å². The topological polar surface area (TPSA) is 97.5 Å². The van der Waals surface area contributed by atoms with Crippen LogP contribution < -0.4 is 5.14 Å². The van der Waals surface area contributed by atoms with Crippen molar-refractivity contribution < 1.29 is 16.8 Å². The van der Waals surface area contributed by atoms with Gasteiger partial charge in [0, 0.05) is 13.1 Å². The summed E-state index contributed by atoms with van der Waals surface area (Å²) in [5.74, 6) is 0.422. The van der Waals surface area contributed by atoms with Gasteiger partial charge in [-0.25, -0.2) is 22.0 Å². The Bertz CT molecular complexity index is 694. The van der Waals surface area contributed by atoms with E-state index >= 15 is 0 Å². The Balaban J connectivity index is 2.37. The Morgan fingerprint density at radius 1 is 1.20 bits per heavy atom. The monoisotopic (exact) mass is 318 g/mol. The molecule has 1 aliphatic carbocycles. The average molecular weight is 318 g/mol. The third kappa shape index (κ3) is 3.38. The minimum Gasteiger partial charge on any atom is -0.225 e. The molecule has 0 heterocycles. The van der Waals surface area contributed by atoms with Crippen LogP contribution in [-0.4, -0.2) is 34.2 Å². The number of primary sulfonamides is 1. The number of hydrogen-bond donors (Lipinski definition) is 1. The molecular weight excluding hydrogens is 300 g/mol. The summed E-state index contributed by atoms with van der Waals surface area (Å²) in [6, 6.07) is 5.17. The van der Waals surface area contributed by atoms with E-state index in [9.17, 15) is 16.8 Å². The summed E-state index contributed by atoms with van der Waals surface area (Å²) in [7, 11) is -7.59. The lowest BCUT2D eigenvalue weighted by Gasteiger charge is -2.20. The van der Waals surface area contributed by atoms with E-state index in [0.717, 1.165) is 18.9 Å². The second-order valence-electron chi connectivity index (χ2n) is 4.92. The van der Waals surface area contributed by atoms with Crippen molar-refractivity contribution in [1.82, 2.24) is 4.31 Å². The van der Waals surface area contributed by atoms with Gasteiger partial charge in [-0.1, -0.05) is 13.0 Å². The van der Waals surface area contributed by atoms with Gasteiger partial charge < -0.3 is 0 Å². The summed E-state index contributed by atoms with van der Waals surface area (Å²) >= 11 is 0. The molecular formula is C12H18N2O4S2. The molecule has 8 heteroatoms. The molecule has 2 N–H and O–H groups in total. The van der Waals surface area contributed by atoms with Gasteiger partial charge in [0.25, 0.3) is 0 Å². The molecule has 0 bridgehead atoms. The zero-order chi connectivity index (χ0) is 15.0. The molecule has 0 aliphatic heterocycles. The molecule has 1 fully saturated rings. The van der Waals surface area contributed by atoms with Crippen LogP contribution in [0.3, 0.4) is 0 Å². The summed E-state index contributed by atoms with van der Waals surface area (Å²) in [6.45, 7) is 2.61. The predicted octanol–water partition coefficient (Wildman–Crippen LogP) is 0.755. The van der Waals surface area contributed by atoms with Crippen molar-refractivity contribution in [3.8, 4) is 0 Å². The first-order valence-electron chi connectivity index (χ1n) is 6.38. The van der Waals surface area contributed by atoms with Gasteiger partial charge in [0.05, 0.1) is 9.79 Å². The minimum absolute atomic E-state index is 0.0356. The zero-order valence-corrected chi connectivity index (χ0v) is 12.8. The van der Waals surface area contributed by atoms with Crippen LogP contribution >= 0.6 is 0 Å². The largest absolute Gasteiger partial charge is 0.243 e. The standard InChI is InChI=1S/C12H18N2O4S2/c1-2-14(9-10-6-7-10)20(17,18)12-5-3-4-11(8-12)19(13,15)16/h3-5,8,10H,2,6-7,9H2,1H3,(H2,13,15,16). The molecule has 0 saturated heterocycles. The summed E-state index contributed by atoms with van der Waals surface area (Å²) in [4.78, 5) is -0.229. The van der Waals surface area contributed by atoms with Crippen molar-refractivity contribution in [2.24, 2.45) is 11.1 Å². The molecule has 0 radical (unpaired) electrons. The fourth-order valence-electron chi connectivity index (χ4n) is 1.95. The van der Waals surface area contributed by atoms with E-state index in [-0.39, 0.29) is 9.79 Å². The fraction of sp³-hybridized carbons (Fsp3) is 0.500. The number of sulfonamides is 2. The number of rotatable bonds is 6. The Labute approximate surface area is 119 Å². The normalized spacial score (nSPS) is 16.6. The van der Waals surface area contributed by atoms with Gasteiger partial charge >= 0.3 is 0 Å². The van der Waals surface area contributed by atoms with Crippen LogP contribution in [0.4, 0.5) is 0 Å². The molecule has 1 saturated carbocycles. The quantitative estimate of drug-likeness (QED) is 0.837. The number of benzene rings is 1. The molecule has 112 valence electrons. The van der Waals surface area contributed by atoms with Crippen molar-refractivity contribution >= 4 is 20.0 Å². The molecule has 20 heavy (non-hydrogen) atoms. The average Bonchev–Trinajstić information content (AvgIpc) is 3.19. The van der Waals surface area contributed by atoms with Crippen molar-refractivity contribution in [3.05, 3.63) is 24.3 Å². The van der Waals surface area contributed by atoms with Crippen molar-refractivity contribution in [2.75, 3.05) is 13.1 Å². The van der Waals surface area contributed by atoms with E-state index in [1.807, 2.05) is 0 Å². The van der Waals surface area contributed by atoms with Gasteiger partial charge in [0.2, 0.25) is 20.0 Å². The number of nitrogens with zero attached hydrogens (tertiary/aromatic N) is 1. The maximum absolute atomic E-state index is 12.5. The molecule has 2 rings (SSSR count). The molecule has 0 amide bonds. The highest BCUT2D eigenvalue weighted by Crippen LogP contribution is 2.31. The van der Waals surface area contributed by atoms with Crippen LogP contribution in [0.15, 0.2) is 34.1 Å². The van der Waals surface area contributed by atoms with Crippen LogP contribution in [0.5, 0.6) is 0 Å². The van der Waals surface area contributed by atoms with Gasteiger partial charge in [-0.3, -0.25) is 0 Å². The highest BCUT2D eigenvalue weighted by Gasteiger charge is 2.31. The van der Waals surface area contributed by atoms with Crippen LogP contribution in [0, 0.1) is 5.92 Å². The van der Waals surface area contributed by atoms with E-state index in [1.165, 1.54) is 22.5 Å². The van der Waals surface area contributed by atoms with Crippen LogP contribution in [0.1, 0.15) is 19.8 Å². The Hall–Kier alpha value is -0.960. The lowest BCUT2D eigenvalue weighted by Crippen LogP contribution is -2.32. The van der Waals surface area contributed by atoms with Gasteiger partial charge in [-0.15, -0.1) is 0 Å². The molecule has 0 aromatic heterocycles. The lowest BCUT2D eigenvalue weighted by molar-refractivity contribution is 0.412. The molecule has 0 spiro atoms.